The van der Waals surface area contributed by atoms with E-state index >= 15 is 0 Å². The maximum absolute atomic E-state index is 11.7. The van der Waals surface area contributed by atoms with Crippen LogP contribution in [-0.2, 0) is 4.74 Å². The Morgan fingerprint density at radius 2 is 1.95 bits per heavy atom. The van der Waals surface area contributed by atoms with E-state index in [0.29, 0.717) is 6.61 Å². The molecule has 1 aromatic heterocycles. The number of halogens is 2. The second kappa shape index (κ2) is 9.00. The van der Waals surface area contributed by atoms with Gasteiger partial charge in [-0.2, -0.15) is 4.79 Å². The normalized spacial score (nSPS) is 13.9. The largest absolute Gasteiger partial charge is 1.00 e. The van der Waals surface area contributed by atoms with Crippen LogP contribution in [-0.4, -0.2) is 12.7 Å². The molecule has 0 radical (unpaired) electrons. The van der Waals surface area contributed by atoms with Gasteiger partial charge in [0.1, 0.15) is 0 Å². The van der Waals surface area contributed by atoms with Crippen molar-refractivity contribution < 1.29 is 31.1 Å². The highest BCUT2D eigenvalue weighted by Crippen LogP contribution is 2.23. The molecule has 0 fully saturated rings. The molecule has 0 atom stereocenters. The highest BCUT2D eigenvalue weighted by Gasteiger charge is 2.19. The molecule has 0 bridgehead atoms. The number of rotatable bonds is 2. The minimum absolute atomic E-state index is 0. The van der Waals surface area contributed by atoms with E-state index in [1.165, 1.54) is 4.57 Å². The molecule has 2 rings (SSSR count). The Morgan fingerprint density at radius 1 is 1.33 bits per heavy atom. The van der Waals surface area contributed by atoms with Crippen molar-refractivity contribution in [1.29, 1.82) is 0 Å². The maximum Gasteiger partial charge on any atom is 0.601 e. The molecule has 21 heavy (non-hydrogen) atoms. The quantitative estimate of drug-likeness (QED) is 0.689. The fraction of sp³-hybridized carbons (Fsp3) is 0.333. The van der Waals surface area contributed by atoms with E-state index in [1.54, 1.807) is 13.1 Å². The summed E-state index contributed by atoms with van der Waals surface area (Å²) in [7, 11) is 0. The van der Waals surface area contributed by atoms with E-state index in [1.807, 2.05) is 32.2 Å². The molecular weight excluding hydrogens is 400 g/mol. The first-order valence-corrected chi connectivity index (χ1v) is 6.42. The van der Waals surface area contributed by atoms with E-state index in [4.69, 9.17) is 4.74 Å². The van der Waals surface area contributed by atoms with E-state index in [9.17, 15) is 4.79 Å². The third kappa shape index (κ3) is 5.28. The first-order chi connectivity index (χ1) is 9.10. The van der Waals surface area contributed by atoms with Crippen LogP contribution in [0.1, 0.15) is 32.3 Å². The average molecular weight is 420 g/mol. The van der Waals surface area contributed by atoms with Crippen LogP contribution in [0, 0.1) is 0 Å². The summed E-state index contributed by atoms with van der Waals surface area (Å²) in [5.41, 5.74) is 3.31. The van der Waals surface area contributed by atoms with Gasteiger partial charge in [-0.25, -0.2) is 0 Å². The first-order valence-electron chi connectivity index (χ1n) is 6.42. The minimum Gasteiger partial charge on any atom is -1.00 e. The molecule has 0 unspecified atom stereocenters. The summed E-state index contributed by atoms with van der Waals surface area (Å²) in [6, 6.07) is 3.87. The van der Waals surface area contributed by atoms with Gasteiger partial charge in [0.2, 0.25) is 0 Å². The van der Waals surface area contributed by atoms with Crippen LogP contribution in [0.3, 0.4) is 0 Å². The molecule has 0 saturated carbocycles. The first kappa shape index (κ1) is 19.9. The smallest absolute Gasteiger partial charge is 0.601 e. The van der Waals surface area contributed by atoms with Crippen molar-refractivity contribution in [2.75, 3.05) is 6.61 Å². The van der Waals surface area contributed by atoms with Gasteiger partial charge in [-0.15, -0.1) is 17.0 Å². The zero-order valence-electron chi connectivity index (χ0n) is 12.3. The fourth-order valence-corrected chi connectivity index (χ4v) is 2.18. The second-order valence-electron chi connectivity index (χ2n) is 4.59. The van der Waals surface area contributed by atoms with Crippen LogP contribution >= 0.6 is 17.0 Å². The molecule has 2 heterocycles. The van der Waals surface area contributed by atoms with Crippen molar-refractivity contribution in [2.24, 2.45) is 0 Å². The fourth-order valence-electron chi connectivity index (χ4n) is 2.18. The van der Waals surface area contributed by atoms with Gasteiger partial charge in [0.15, 0.2) is 12.4 Å². The number of dihydropyridines is 1. The third-order valence-electron chi connectivity index (χ3n) is 2.94. The lowest BCUT2D eigenvalue weighted by Gasteiger charge is -2.18. The molecule has 1 aliphatic heterocycles. The van der Waals surface area contributed by atoms with Crippen molar-refractivity contribution in [3.63, 3.8) is 0 Å². The molecule has 4 nitrogen and oxygen atoms in total. The summed E-state index contributed by atoms with van der Waals surface area (Å²) in [5, 5.41) is 3.26. The number of aromatic nitrogens is 1. The highest BCUT2D eigenvalue weighted by atomic mass is 79.9. The van der Waals surface area contributed by atoms with E-state index in [2.05, 4.69) is 17.5 Å². The summed E-state index contributed by atoms with van der Waals surface area (Å²) < 4.78 is 6.47. The van der Waals surface area contributed by atoms with Gasteiger partial charge in [0, 0.05) is 28.9 Å². The zero-order chi connectivity index (χ0) is 13.8. The number of pyridine rings is 1. The molecule has 0 aromatic carbocycles. The number of hydrogen-bond donors (Lipinski definition) is 1. The topological polar surface area (TPSA) is 42.2 Å². The lowest BCUT2D eigenvalue weighted by atomic mass is 9.96. The molecule has 0 saturated heterocycles. The number of carbonyl (C=O) groups excluding carboxylic acids is 1. The molecule has 6 heteroatoms. The van der Waals surface area contributed by atoms with Crippen molar-refractivity contribution in [1.82, 2.24) is 5.32 Å². The highest BCUT2D eigenvalue weighted by molar-refractivity contribution is 8.93. The molecule has 0 aliphatic carbocycles. The molecule has 0 spiro atoms. The predicted octanol–water partition coefficient (Wildman–Crippen LogP) is 0.0550. The number of hydrogen-bond acceptors (Lipinski definition) is 3. The lowest BCUT2D eigenvalue weighted by molar-refractivity contribution is -0.586. The summed E-state index contributed by atoms with van der Waals surface area (Å²) in [4.78, 5) is 11.7. The summed E-state index contributed by atoms with van der Waals surface area (Å²) in [6.07, 6.45) is 7.45. The van der Waals surface area contributed by atoms with E-state index < -0.39 is 0 Å². The van der Waals surface area contributed by atoms with Crippen LogP contribution in [0.2, 0.25) is 0 Å². The van der Waals surface area contributed by atoms with Crippen molar-refractivity contribution in [2.45, 2.75) is 26.7 Å². The van der Waals surface area contributed by atoms with E-state index in [-0.39, 0.29) is 46.0 Å². The Labute approximate surface area is 146 Å². The third-order valence-corrected chi connectivity index (χ3v) is 2.94. The van der Waals surface area contributed by atoms with Crippen LogP contribution in [0.25, 0.3) is 0 Å². The monoisotopic (exact) mass is 418 g/mol. The summed E-state index contributed by atoms with van der Waals surface area (Å²) in [6.45, 7) is 6.24. The maximum atomic E-state index is 11.7. The average Bonchev–Trinajstić information content (AvgIpc) is 2.38. The summed E-state index contributed by atoms with van der Waals surface area (Å²) in [5.74, 6) is 0.183. The standard InChI is InChI=1S/C15H19N2O2.2BrH/c1-4-19-15(18)17-7-5-6-13(10-17)14-8-11(2)16-12(3)9-14;;/h5-10,14,16H,4H2,1-3H3;2*1H/q+1;;/p-1. The molecule has 1 aromatic rings. The van der Waals surface area contributed by atoms with Crippen LogP contribution in [0.4, 0.5) is 4.79 Å². The molecule has 116 valence electrons. The minimum atomic E-state index is -0.348. The van der Waals surface area contributed by atoms with Gasteiger partial charge in [-0.1, -0.05) is 16.7 Å². The van der Waals surface area contributed by atoms with Gasteiger partial charge < -0.3 is 27.0 Å². The number of nitrogens with one attached hydrogen (secondary N) is 1. The summed E-state index contributed by atoms with van der Waals surface area (Å²) >= 11 is 0. The van der Waals surface area contributed by atoms with Crippen LogP contribution in [0.5, 0.6) is 0 Å². The second-order valence-corrected chi connectivity index (χ2v) is 4.59. The SMILES string of the molecule is Br.CCOC(=O)[n+]1cccc(C2C=C(C)NC(C)=C2)c1.[Br-]. The van der Waals surface area contributed by atoms with Gasteiger partial charge in [-0.3, -0.25) is 0 Å². The van der Waals surface area contributed by atoms with Gasteiger partial charge in [0.05, 0.1) is 6.61 Å². The Bertz CT molecular complexity index is 538. The Kier molecular flexibility index (Phi) is 8.51. The van der Waals surface area contributed by atoms with Crippen molar-refractivity contribution in [3.05, 3.63) is 53.6 Å². The predicted molar refractivity (Wildman–Crippen MR) is 82.8 cm³/mol. The molecular formula is C15H20Br2N2O2. The van der Waals surface area contributed by atoms with Gasteiger partial charge >= 0.3 is 6.09 Å². The van der Waals surface area contributed by atoms with Crippen LogP contribution < -0.4 is 26.9 Å². The van der Waals surface area contributed by atoms with Crippen molar-refractivity contribution >= 4 is 23.1 Å². The zero-order valence-corrected chi connectivity index (χ0v) is 15.6. The number of allylic oxidation sites excluding steroid dienone is 4. The Balaban J connectivity index is 0.00000200. The number of carbonyl (C=O) groups is 1. The van der Waals surface area contributed by atoms with Gasteiger partial charge in [0.25, 0.3) is 0 Å². The number of ether oxygens (including phenoxy) is 1. The Hall–Kier alpha value is -1.14. The Morgan fingerprint density at radius 3 is 2.52 bits per heavy atom. The van der Waals surface area contributed by atoms with Gasteiger partial charge in [-0.05, 0) is 26.8 Å². The molecule has 1 aliphatic rings. The van der Waals surface area contributed by atoms with Crippen LogP contribution in [0.15, 0.2) is 48.1 Å². The van der Waals surface area contributed by atoms with Crippen molar-refractivity contribution in [3.8, 4) is 0 Å². The molecule has 1 N–H and O–H groups in total. The lowest BCUT2D eigenvalue weighted by Crippen LogP contribution is -3.00. The van der Waals surface area contributed by atoms with E-state index in [0.717, 1.165) is 17.0 Å². The molecule has 0 amide bonds. The number of nitrogens with zero attached hydrogens (tertiary/aromatic N) is 1.